The van der Waals surface area contributed by atoms with Crippen LogP contribution >= 0.6 is 0 Å². The third kappa shape index (κ3) is 3.85. The summed E-state index contributed by atoms with van der Waals surface area (Å²) < 4.78 is 0. The number of rotatable bonds is 6. The molecular formula is C27H25N9. The lowest BCUT2D eigenvalue weighted by molar-refractivity contribution is 0.514. The van der Waals surface area contributed by atoms with Crippen LogP contribution in [0.3, 0.4) is 0 Å². The lowest BCUT2D eigenvalue weighted by Gasteiger charge is -2.37. The number of pyridine rings is 2. The summed E-state index contributed by atoms with van der Waals surface area (Å²) in [6.45, 7) is 7.50. The number of fused-ring (bicyclic) bond motifs is 1. The second-order valence-corrected chi connectivity index (χ2v) is 8.87. The Balaban J connectivity index is 1.39. The summed E-state index contributed by atoms with van der Waals surface area (Å²) in [6.07, 6.45) is 10.8. The van der Waals surface area contributed by atoms with Gasteiger partial charge in [-0.2, -0.15) is 5.10 Å². The van der Waals surface area contributed by atoms with Crippen molar-refractivity contribution in [2.45, 2.75) is 13.0 Å². The number of allylic oxidation sites excluding steroid dienone is 2. The lowest BCUT2D eigenvalue weighted by Crippen LogP contribution is -2.56. The van der Waals surface area contributed by atoms with E-state index in [1.165, 1.54) is 0 Å². The molecule has 9 nitrogen and oxygen atoms in total. The predicted molar refractivity (Wildman–Crippen MR) is 141 cm³/mol. The van der Waals surface area contributed by atoms with E-state index in [0.29, 0.717) is 5.69 Å². The van der Waals surface area contributed by atoms with Crippen molar-refractivity contribution in [2.24, 2.45) is 5.73 Å². The van der Waals surface area contributed by atoms with Crippen LogP contribution in [0.5, 0.6) is 0 Å². The number of H-pyrrole nitrogens is 2. The molecule has 0 spiro atoms. The van der Waals surface area contributed by atoms with Gasteiger partial charge in [-0.05, 0) is 31.2 Å². The number of nitrogens with zero attached hydrogens (tertiary/aromatic N) is 6. The van der Waals surface area contributed by atoms with Gasteiger partial charge in [0, 0.05) is 47.5 Å². The number of hydrogen-bond donors (Lipinski definition) is 3. The molecule has 0 unspecified atom stereocenters. The minimum Gasteiger partial charge on any atom is -0.357 e. The molecule has 0 aliphatic carbocycles. The van der Waals surface area contributed by atoms with Crippen LogP contribution in [0.2, 0.25) is 0 Å². The van der Waals surface area contributed by atoms with Crippen molar-refractivity contribution < 1.29 is 0 Å². The molecule has 0 saturated carbocycles. The highest BCUT2D eigenvalue weighted by Gasteiger charge is 2.25. The summed E-state index contributed by atoms with van der Waals surface area (Å²) in [7, 11) is 0. The first-order valence-electron chi connectivity index (χ1n) is 11.7. The summed E-state index contributed by atoms with van der Waals surface area (Å²) in [5.74, 6) is 0.809. The molecule has 4 N–H and O–H groups in total. The van der Waals surface area contributed by atoms with E-state index in [1.54, 1.807) is 30.9 Å². The number of nitrogens with one attached hydrogen (secondary N) is 2. The Morgan fingerprint density at radius 1 is 1.14 bits per heavy atom. The van der Waals surface area contributed by atoms with Crippen molar-refractivity contribution in [1.82, 2.24) is 35.1 Å². The zero-order valence-corrected chi connectivity index (χ0v) is 19.8. The Kier molecular flexibility index (Phi) is 5.38. The fourth-order valence-corrected chi connectivity index (χ4v) is 4.51. The number of nitrogens with two attached hydrogens (primary N) is 1. The third-order valence-corrected chi connectivity index (χ3v) is 6.35. The average Bonchev–Trinajstić information content (AvgIpc) is 3.48. The molecule has 6 heterocycles. The molecule has 36 heavy (non-hydrogen) atoms. The highest BCUT2D eigenvalue weighted by atomic mass is 15.3. The maximum absolute atomic E-state index is 5.93. The molecule has 0 radical (unpaired) electrons. The predicted octanol–water partition coefficient (Wildman–Crippen LogP) is 3.88. The quantitative estimate of drug-likeness (QED) is 0.318. The summed E-state index contributed by atoms with van der Waals surface area (Å²) in [6, 6.07) is 10.2. The Morgan fingerprint density at radius 3 is 2.81 bits per heavy atom. The second-order valence-electron chi connectivity index (χ2n) is 8.87. The van der Waals surface area contributed by atoms with Crippen LogP contribution in [-0.2, 0) is 0 Å². The number of aryl methyl sites for hydroxylation is 1. The minimum absolute atomic E-state index is 0.187. The molecule has 1 fully saturated rings. The van der Waals surface area contributed by atoms with Gasteiger partial charge in [0.15, 0.2) is 0 Å². The molecule has 0 atom stereocenters. The second kappa shape index (κ2) is 8.86. The normalized spacial score (nSPS) is 14.3. The first-order chi connectivity index (χ1) is 17.6. The number of hydrogen-bond acceptors (Lipinski definition) is 7. The van der Waals surface area contributed by atoms with Crippen molar-refractivity contribution >= 4 is 22.3 Å². The Hall–Kier alpha value is -4.63. The first-order valence-corrected chi connectivity index (χ1v) is 11.7. The number of aromatic nitrogens is 7. The maximum Gasteiger partial charge on any atom is 0.147 e. The minimum atomic E-state index is 0.187. The molecule has 0 amide bonds. The molecule has 9 heteroatoms. The van der Waals surface area contributed by atoms with Crippen molar-refractivity contribution in [2.75, 3.05) is 18.0 Å². The average molecular weight is 476 g/mol. The molecule has 0 aromatic carbocycles. The van der Waals surface area contributed by atoms with Gasteiger partial charge in [-0.15, -0.1) is 0 Å². The van der Waals surface area contributed by atoms with Crippen molar-refractivity contribution in [3.05, 3.63) is 90.8 Å². The number of aromatic amines is 2. The van der Waals surface area contributed by atoms with Crippen LogP contribution in [0.15, 0.2) is 73.9 Å². The number of anilines is 1. The van der Waals surface area contributed by atoms with Gasteiger partial charge in [0.05, 0.1) is 41.2 Å². The SMILES string of the molecule is C=C/C=C(/c1ccccn1)c1cc(-c2n[nH]c3cnc(-c4cncc(N5CC(N)C5)n4)cc23)[nH]c1C. The van der Waals surface area contributed by atoms with Crippen LogP contribution in [0, 0.1) is 6.92 Å². The molecule has 0 bridgehead atoms. The van der Waals surface area contributed by atoms with E-state index < -0.39 is 0 Å². The molecule has 178 valence electrons. The fourth-order valence-electron chi connectivity index (χ4n) is 4.51. The lowest BCUT2D eigenvalue weighted by atomic mass is 10.0. The zero-order chi connectivity index (χ0) is 24.6. The van der Waals surface area contributed by atoms with E-state index >= 15 is 0 Å². The molecular weight excluding hydrogens is 450 g/mol. The molecule has 5 aromatic heterocycles. The maximum atomic E-state index is 5.93. The smallest absolute Gasteiger partial charge is 0.147 e. The Labute approximate surface area is 207 Å². The van der Waals surface area contributed by atoms with Gasteiger partial charge in [0.1, 0.15) is 17.2 Å². The summed E-state index contributed by atoms with van der Waals surface area (Å²) >= 11 is 0. The molecule has 6 rings (SSSR count). The van der Waals surface area contributed by atoms with Crippen molar-refractivity contribution in [1.29, 1.82) is 0 Å². The standard InChI is InChI=1S/C27H25N9/c1-3-6-18(21-7-4-5-8-30-21)19-9-23(32-16(19)2)27-20-10-22(31-12-24(20)34-35-27)25-11-29-13-26(33-25)36-14-17(28)15-36/h3-13,17,32H,1,14-15,28H2,2H3,(H,34,35)/b18-6+. The van der Waals surface area contributed by atoms with Crippen LogP contribution in [0.25, 0.3) is 39.3 Å². The van der Waals surface area contributed by atoms with Crippen LogP contribution < -0.4 is 10.6 Å². The molecule has 1 aliphatic rings. The molecule has 5 aromatic rings. The van der Waals surface area contributed by atoms with E-state index in [2.05, 4.69) is 47.7 Å². The van der Waals surface area contributed by atoms with Crippen molar-refractivity contribution in [3.8, 4) is 22.8 Å². The van der Waals surface area contributed by atoms with E-state index in [0.717, 1.165) is 69.4 Å². The monoisotopic (exact) mass is 475 g/mol. The van der Waals surface area contributed by atoms with Crippen molar-refractivity contribution in [3.63, 3.8) is 0 Å². The highest BCUT2D eigenvalue weighted by Crippen LogP contribution is 2.33. The summed E-state index contributed by atoms with van der Waals surface area (Å²) in [5.41, 5.74) is 13.8. The van der Waals surface area contributed by atoms with Gasteiger partial charge in [-0.3, -0.25) is 20.1 Å². The summed E-state index contributed by atoms with van der Waals surface area (Å²) in [4.78, 5) is 23.9. The van der Waals surface area contributed by atoms with E-state index in [1.807, 2.05) is 37.3 Å². The fraction of sp³-hybridized carbons (Fsp3) is 0.148. The van der Waals surface area contributed by atoms with Gasteiger partial charge in [-0.25, -0.2) is 4.98 Å². The van der Waals surface area contributed by atoms with Gasteiger partial charge in [-0.1, -0.05) is 24.8 Å². The van der Waals surface area contributed by atoms with E-state index in [9.17, 15) is 0 Å². The third-order valence-electron chi connectivity index (χ3n) is 6.35. The van der Waals surface area contributed by atoms with Gasteiger partial charge < -0.3 is 15.6 Å². The first kappa shape index (κ1) is 21.9. The van der Waals surface area contributed by atoms with Crippen LogP contribution in [0.4, 0.5) is 5.82 Å². The van der Waals surface area contributed by atoms with E-state index in [4.69, 9.17) is 10.7 Å². The summed E-state index contributed by atoms with van der Waals surface area (Å²) in [5, 5.41) is 8.64. The Bertz CT molecular complexity index is 1590. The van der Waals surface area contributed by atoms with Gasteiger partial charge in [0.25, 0.3) is 0 Å². The Morgan fingerprint density at radius 2 is 2.03 bits per heavy atom. The van der Waals surface area contributed by atoms with Crippen LogP contribution in [-0.4, -0.2) is 54.2 Å². The van der Waals surface area contributed by atoms with E-state index in [-0.39, 0.29) is 6.04 Å². The largest absolute Gasteiger partial charge is 0.357 e. The van der Waals surface area contributed by atoms with Gasteiger partial charge in [0.2, 0.25) is 0 Å². The topological polar surface area (TPSA) is 125 Å². The molecule has 1 aliphatic heterocycles. The van der Waals surface area contributed by atoms with Crippen LogP contribution in [0.1, 0.15) is 17.0 Å². The molecule has 1 saturated heterocycles. The zero-order valence-electron chi connectivity index (χ0n) is 19.8. The highest BCUT2D eigenvalue weighted by molar-refractivity contribution is 5.94. The van der Waals surface area contributed by atoms with Gasteiger partial charge >= 0.3 is 0 Å².